The highest BCUT2D eigenvalue weighted by Crippen LogP contribution is 2.41. The van der Waals surface area contributed by atoms with Crippen LogP contribution in [-0.2, 0) is 4.79 Å². The molecule has 0 aromatic carbocycles. The first kappa shape index (κ1) is 13.9. The normalized spacial score (nSPS) is 20.4. The first-order valence-electron chi connectivity index (χ1n) is 7.47. The summed E-state index contributed by atoms with van der Waals surface area (Å²) in [6.45, 7) is 6.08. The molecule has 2 fully saturated rings. The Balaban J connectivity index is 1.78. The maximum atomic E-state index is 11.2. The SMILES string of the molecule is CC(=O)CSc1nnc(N2CCC(C)CC2)n1C1CC1. The van der Waals surface area contributed by atoms with Crippen molar-refractivity contribution < 1.29 is 4.79 Å². The molecule has 5 nitrogen and oxygen atoms in total. The van der Waals surface area contributed by atoms with Crippen LogP contribution in [0.5, 0.6) is 0 Å². The predicted octanol–water partition coefficient (Wildman–Crippen LogP) is 2.53. The van der Waals surface area contributed by atoms with Crippen molar-refractivity contribution in [3.8, 4) is 0 Å². The van der Waals surface area contributed by atoms with Gasteiger partial charge in [-0.25, -0.2) is 0 Å². The van der Waals surface area contributed by atoms with Crippen LogP contribution in [0.25, 0.3) is 0 Å². The van der Waals surface area contributed by atoms with Crippen LogP contribution in [-0.4, -0.2) is 39.4 Å². The molecule has 20 heavy (non-hydrogen) atoms. The second-order valence-electron chi connectivity index (χ2n) is 6.04. The van der Waals surface area contributed by atoms with Crippen molar-refractivity contribution in [2.75, 3.05) is 23.7 Å². The Morgan fingerprint density at radius 1 is 1.25 bits per heavy atom. The van der Waals surface area contributed by atoms with Crippen molar-refractivity contribution in [1.29, 1.82) is 0 Å². The molecule has 1 aromatic rings. The van der Waals surface area contributed by atoms with E-state index in [2.05, 4.69) is 26.6 Å². The molecule has 110 valence electrons. The largest absolute Gasteiger partial charge is 0.341 e. The monoisotopic (exact) mass is 294 g/mol. The molecule has 0 radical (unpaired) electrons. The van der Waals surface area contributed by atoms with Crippen LogP contribution in [0.2, 0.25) is 0 Å². The zero-order valence-corrected chi connectivity index (χ0v) is 13.0. The Labute approximate surface area is 124 Å². The molecule has 0 amide bonds. The van der Waals surface area contributed by atoms with Crippen LogP contribution in [0.15, 0.2) is 5.16 Å². The molecule has 3 rings (SSSR count). The van der Waals surface area contributed by atoms with Gasteiger partial charge in [-0.1, -0.05) is 18.7 Å². The van der Waals surface area contributed by atoms with E-state index in [-0.39, 0.29) is 5.78 Å². The zero-order chi connectivity index (χ0) is 14.1. The van der Waals surface area contributed by atoms with Crippen molar-refractivity contribution in [3.63, 3.8) is 0 Å². The number of piperidine rings is 1. The van der Waals surface area contributed by atoms with Crippen LogP contribution < -0.4 is 4.90 Å². The van der Waals surface area contributed by atoms with E-state index in [0.29, 0.717) is 11.8 Å². The average molecular weight is 294 g/mol. The molecule has 1 aromatic heterocycles. The molecule has 0 atom stereocenters. The summed E-state index contributed by atoms with van der Waals surface area (Å²) in [7, 11) is 0. The minimum absolute atomic E-state index is 0.189. The zero-order valence-electron chi connectivity index (χ0n) is 12.2. The molecule has 2 aliphatic rings. The molecular formula is C14H22N4OS. The minimum Gasteiger partial charge on any atom is -0.341 e. The van der Waals surface area contributed by atoms with Gasteiger partial charge in [0, 0.05) is 19.1 Å². The maximum Gasteiger partial charge on any atom is 0.228 e. The molecule has 0 unspecified atom stereocenters. The van der Waals surface area contributed by atoms with Gasteiger partial charge in [0.25, 0.3) is 0 Å². The number of thioether (sulfide) groups is 1. The number of anilines is 1. The number of carbonyl (C=O) groups is 1. The second kappa shape index (κ2) is 5.76. The second-order valence-corrected chi connectivity index (χ2v) is 6.99. The number of ketones is 1. The van der Waals surface area contributed by atoms with E-state index < -0.39 is 0 Å². The van der Waals surface area contributed by atoms with E-state index in [1.165, 1.54) is 37.4 Å². The van der Waals surface area contributed by atoms with E-state index in [1.807, 2.05) is 0 Å². The van der Waals surface area contributed by atoms with Gasteiger partial charge < -0.3 is 4.90 Å². The Kier molecular flexibility index (Phi) is 4.01. The van der Waals surface area contributed by atoms with E-state index in [0.717, 1.165) is 30.1 Å². The van der Waals surface area contributed by atoms with E-state index in [9.17, 15) is 4.79 Å². The van der Waals surface area contributed by atoms with Gasteiger partial charge in [-0.2, -0.15) is 0 Å². The summed E-state index contributed by atoms with van der Waals surface area (Å²) >= 11 is 1.52. The third-order valence-corrected chi connectivity index (χ3v) is 5.12. The lowest BCUT2D eigenvalue weighted by molar-refractivity contribution is -0.114. The number of Topliss-reactive ketones (excluding diaryl/α,β-unsaturated/α-hetero) is 1. The Bertz CT molecular complexity index is 489. The first-order valence-corrected chi connectivity index (χ1v) is 8.46. The highest BCUT2D eigenvalue weighted by molar-refractivity contribution is 7.99. The molecule has 1 aliphatic carbocycles. The Morgan fingerprint density at radius 3 is 2.55 bits per heavy atom. The number of carbonyl (C=O) groups excluding carboxylic acids is 1. The molecule has 1 aliphatic heterocycles. The average Bonchev–Trinajstić information content (AvgIpc) is 3.17. The van der Waals surface area contributed by atoms with Crippen molar-refractivity contribution >= 4 is 23.5 Å². The standard InChI is InChI=1S/C14H22N4OS/c1-10-5-7-17(8-6-10)13-15-16-14(20-9-11(2)19)18(13)12-3-4-12/h10,12H,3-9H2,1-2H3. The summed E-state index contributed by atoms with van der Waals surface area (Å²) in [5.74, 6) is 2.51. The number of hydrogen-bond donors (Lipinski definition) is 0. The van der Waals surface area contributed by atoms with Gasteiger partial charge in [0.05, 0.1) is 5.75 Å². The topological polar surface area (TPSA) is 51.0 Å². The lowest BCUT2D eigenvalue weighted by atomic mass is 10.00. The van der Waals surface area contributed by atoms with Crippen molar-refractivity contribution in [1.82, 2.24) is 14.8 Å². The number of hydrogen-bond acceptors (Lipinski definition) is 5. The van der Waals surface area contributed by atoms with E-state index in [4.69, 9.17) is 0 Å². The predicted molar refractivity (Wildman–Crippen MR) is 80.3 cm³/mol. The third-order valence-electron chi connectivity index (χ3n) is 4.03. The van der Waals surface area contributed by atoms with Crippen LogP contribution in [0.3, 0.4) is 0 Å². The number of rotatable bonds is 5. The fourth-order valence-electron chi connectivity index (χ4n) is 2.61. The molecule has 2 heterocycles. The Morgan fingerprint density at radius 2 is 1.95 bits per heavy atom. The van der Waals surface area contributed by atoms with Gasteiger partial charge in [0.15, 0.2) is 5.16 Å². The maximum absolute atomic E-state index is 11.2. The van der Waals surface area contributed by atoms with Crippen molar-refractivity contribution in [2.45, 2.75) is 50.7 Å². The summed E-state index contributed by atoms with van der Waals surface area (Å²) in [6, 6.07) is 0.550. The first-order chi connectivity index (χ1) is 9.65. The molecular weight excluding hydrogens is 272 g/mol. The van der Waals surface area contributed by atoms with Gasteiger partial charge in [-0.3, -0.25) is 9.36 Å². The molecule has 1 saturated heterocycles. The van der Waals surface area contributed by atoms with Gasteiger partial charge in [0.2, 0.25) is 5.95 Å². The van der Waals surface area contributed by atoms with Crippen LogP contribution in [0, 0.1) is 5.92 Å². The van der Waals surface area contributed by atoms with Crippen LogP contribution >= 0.6 is 11.8 Å². The molecule has 6 heteroatoms. The van der Waals surface area contributed by atoms with Crippen LogP contribution in [0.4, 0.5) is 5.95 Å². The third kappa shape index (κ3) is 3.00. The van der Waals surface area contributed by atoms with Crippen LogP contribution in [0.1, 0.15) is 45.6 Å². The fraction of sp³-hybridized carbons (Fsp3) is 0.786. The minimum atomic E-state index is 0.189. The van der Waals surface area contributed by atoms with E-state index in [1.54, 1.807) is 6.92 Å². The summed E-state index contributed by atoms with van der Waals surface area (Å²) in [5, 5.41) is 9.65. The molecule has 0 spiro atoms. The van der Waals surface area contributed by atoms with Gasteiger partial charge in [0.1, 0.15) is 5.78 Å². The fourth-order valence-corrected chi connectivity index (χ4v) is 3.41. The number of aromatic nitrogens is 3. The molecule has 0 bridgehead atoms. The van der Waals surface area contributed by atoms with Crippen molar-refractivity contribution in [2.24, 2.45) is 5.92 Å². The van der Waals surface area contributed by atoms with Crippen molar-refractivity contribution in [3.05, 3.63) is 0 Å². The van der Waals surface area contributed by atoms with Gasteiger partial charge in [-0.05, 0) is 38.5 Å². The highest BCUT2D eigenvalue weighted by atomic mass is 32.2. The Hall–Kier alpha value is -1.04. The quantitative estimate of drug-likeness (QED) is 0.781. The summed E-state index contributed by atoms with van der Waals surface area (Å²) < 4.78 is 2.27. The number of nitrogens with zero attached hydrogens (tertiary/aromatic N) is 4. The molecule has 0 N–H and O–H groups in total. The van der Waals surface area contributed by atoms with Gasteiger partial charge in [-0.15, -0.1) is 10.2 Å². The smallest absolute Gasteiger partial charge is 0.228 e. The summed E-state index contributed by atoms with van der Waals surface area (Å²) in [4.78, 5) is 13.5. The lowest BCUT2D eigenvalue weighted by Crippen LogP contribution is -2.34. The van der Waals surface area contributed by atoms with E-state index >= 15 is 0 Å². The lowest BCUT2D eigenvalue weighted by Gasteiger charge is -2.31. The molecule has 1 saturated carbocycles. The van der Waals surface area contributed by atoms with Gasteiger partial charge >= 0.3 is 0 Å². The highest BCUT2D eigenvalue weighted by Gasteiger charge is 2.32. The summed E-state index contributed by atoms with van der Waals surface area (Å²) in [6.07, 6.45) is 4.88. The summed E-state index contributed by atoms with van der Waals surface area (Å²) in [5.41, 5.74) is 0.